The van der Waals surface area contributed by atoms with Crippen molar-refractivity contribution in [1.82, 2.24) is 4.90 Å². The normalized spacial score (nSPS) is 33.2. The second-order valence-corrected chi connectivity index (χ2v) is 4.55. The fourth-order valence-electron chi connectivity index (χ4n) is 2.65. The van der Waals surface area contributed by atoms with Crippen LogP contribution < -0.4 is 0 Å². The van der Waals surface area contributed by atoms with E-state index in [0.29, 0.717) is 0 Å². The van der Waals surface area contributed by atoms with Crippen LogP contribution in [0.25, 0.3) is 0 Å². The molecule has 0 aromatic rings. The molecule has 78 valence electrons. The fraction of sp³-hybridized carbons (Fsp3) is 1.00. The van der Waals surface area contributed by atoms with Gasteiger partial charge in [0.05, 0.1) is 0 Å². The van der Waals surface area contributed by atoms with Crippen LogP contribution in [0.2, 0.25) is 0 Å². The van der Waals surface area contributed by atoms with Crippen LogP contribution in [-0.4, -0.2) is 23.5 Å². The minimum absolute atomic E-state index is 0.782. The molecule has 1 heteroatoms. The summed E-state index contributed by atoms with van der Waals surface area (Å²) in [6, 6.07) is 1.60. The summed E-state index contributed by atoms with van der Waals surface area (Å²) in [5.74, 6) is 0.947. The lowest BCUT2D eigenvalue weighted by atomic mass is 9.87. The Hall–Kier alpha value is -0.0400. The molecule has 3 unspecified atom stereocenters. The highest BCUT2D eigenvalue weighted by Gasteiger charge is 2.28. The van der Waals surface area contributed by atoms with Crippen molar-refractivity contribution in [2.24, 2.45) is 5.92 Å². The summed E-state index contributed by atoms with van der Waals surface area (Å²) in [6.07, 6.45) is 5.51. The molecule has 0 radical (unpaired) electrons. The topological polar surface area (TPSA) is 3.24 Å². The van der Waals surface area contributed by atoms with Crippen molar-refractivity contribution in [3.63, 3.8) is 0 Å². The first kappa shape index (κ1) is 11.0. The van der Waals surface area contributed by atoms with Crippen molar-refractivity contribution >= 4 is 0 Å². The maximum Gasteiger partial charge on any atom is 0.00979 e. The van der Waals surface area contributed by atoms with Gasteiger partial charge in [-0.15, -0.1) is 0 Å². The molecule has 1 fully saturated rings. The van der Waals surface area contributed by atoms with Crippen LogP contribution in [0.3, 0.4) is 0 Å². The van der Waals surface area contributed by atoms with Crippen molar-refractivity contribution in [1.29, 1.82) is 0 Å². The number of rotatable bonds is 3. The molecule has 1 nitrogen and oxygen atoms in total. The van der Waals surface area contributed by atoms with E-state index in [1.807, 2.05) is 0 Å². The number of likely N-dealkylation sites (tertiary alicyclic amines) is 1. The van der Waals surface area contributed by atoms with Crippen LogP contribution in [0.4, 0.5) is 0 Å². The van der Waals surface area contributed by atoms with Gasteiger partial charge in [0.1, 0.15) is 0 Å². The lowest BCUT2D eigenvalue weighted by Gasteiger charge is -2.42. The largest absolute Gasteiger partial charge is 0.298 e. The van der Waals surface area contributed by atoms with Crippen LogP contribution in [-0.2, 0) is 0 Å². The molecule has 1 aliphatic rings. The van der Waals surface area contributed by atoms with Gasteiger partial charge in [-0.05, 0) is 45.6 Å². The molecule has 0 aromatic carbocycles. The van der Waals surface area contributed by atoms with Gasteiger partial charge in [0.2, 0.25) is 0 Å². The Morgan fingerprint density at radius 1 is 1.38 bits per heavy atom. The van der Waals surface area contributed by atoms with Gasteiger partial charge in [-0.3, -0.25) is 4.90 Å². The number of nitrogens with zero attached hydrogens (tertiary/aromatic N) is 1. The SMILES string of the molecule is CCC1CCCN(C(C)CC)C1C. The van der Waals surface area contributed by atoms with Gasteiger partial charge in [0.25, 0.3) is 0 Å². The Balaban J connectivity index is 2.54. The van der Waals surface area contributed by atoms with Crippen LogP contribution in [0.15, 0.2) is 0 Å². The van der Waals surface area contributed by atoms with E-state index in [1.165, 1.54) is 32.2 Å². The maximum atomic E-state index is 2.71. The first-order valence-electron chi connectivity index (χ1n) is 5.96. The molecule has 0 amide bonds. The summed E-state index contributed by atoms with van der Waals surface area (Å²) in [6.45, 7) is 10.7. The third-order valence-corrected chi connectivity index (χ3v) is 3.88. The van der Waals surface area contributed by atoms with E-state index in [4.69, 9.17) is 0 Å². The highest BCUT2D eigenvalue weighted by Crippen LogP contribution is 2.27. The van der Waals surface area contributed by atoms with Crippen molar-refractivity contribution in [3.8, 4) is 0 Å². The van der Waals surface area contributed by atoms with Gasteiger partial charge in [-0.1, -0.05) is 20.3 Å². The fourth-order valence-corrected chi connectivity index (χ4v) is 2.65. The standard InChI is InChI=1S/C12H25N/c1-5-10(3)13-9-7-8-12(6-2)11(13)4/h10-12H,5-9H2,1-4H3. The first-order valence-corrected chi connectivity index (χ1v) is 5.96. The second kappa shape index (κ2) is 4.99. The van der Waals surface area contributed by atoms with Crippen molar-refractivity contribution in [2.75, 3.05) is 6.54 Å². The van der Waals surface area contributed by atoms with Crippen LogP contribution in [0.1, 0.15) is 53.4 Å². The molecular weight excluding hydrogens is 158 g/mol. The molecule has 0 aliphatic carbocycles. The second-order valence-electron chi connectivity index (χ2n) is 4.55. The van der Waals surface area contributed by atoms with E-state index in [2.05, 4.69) is 32.6 Å². The monoisotopic (exact) mass is 183 g/mol. The average Bonchev–Trinajstić information content (AvgIpc) is 2.17. The molecule has 0 bridgehead atoms. The summed E-state index contributed by atoms with van der Waals surface area (Å²) in [7, 11) is 0. The van der Waals surface area contributed by atoms with Gasteiger partial charge in [0, 0.05) is 12.1 Å². The molecule has 13 heavy (non-hydrogen) atoms. The van der Waals surface area contributed by atoms with E-state index < -0.39 is 0 Å². The highest BCUT2D eigenvalue weighted by molar-refractivity contribution is 4.83. The van der Waals surface area contributed by atoms with Crippen LogP contribution in [0.5, 0.6) is 0 Å². The van der Waals surface area contributed by atoms with E-state index in [0.717, 1.165) is 18.0 Å². The molecule has 0 saturated carbocycles. The minimum atomic E-state index is 0.782. The zero-order valence-corrected chi connectivity index (χ0v) is 9.71. The Labute approximate surface area is 83.5 Å². The Morgan fingerprint density at radius 2 is 2.08 bits per heavy atom. The number of hydrogen-bond acceptors (Lipinski definition) is 1. The zero-order chi connectivity index (χ0) is 9.84. The maximum absolute atomic E-state index is 2.71. The summed E-state index contributed by atoms with van der Waals surface area (Å²) in [5, 5.41) is 0. The molecule has 1 rings (SSSR count). The van der Waals surface area contributed by atoms with Gasteiger partial charge < -0.3 is 0 Å². The molecule has 1 aliphatic heterocycles. The molecule has 0 aromatic heterocycles. The number of piperidine rings is 1. The third-order valence-electron chi connectivity index (χ3n) is 3.88. The smallest absolute Gasteiger partial charge is 0.00979 e. The molecule has 1 heterocycles. The van der Waals surface area contributed by atoms with Gasteiger partial charge >= 0.3 is 0 Å². The predicted octanol–water partition coefficient (Wildman–Crippen LogP) is 3.30. The third kappa shape index (κ3) is 2.46. The lowest BCUT2D eigenvalue weighted by Crippen LogP contribution is -2.47. The van der Waals surface area contributed by atoms with E-state index in [9.17, 15) is 0 Å². The van der Waals surface area contributed by atoms with Gasteiger partial charge in [-0.25, -0.2) is 0 Å². The zero-order valence-electron chi connectivity index (χ0n) is 9.71. The Bertz CT molecular complexity index is 144. The van der Waals surface area contributed by atoms with E-state index in [-0.39, 0.29) is 0 Å². The van der Waals surface area contributed by atoms with Gasteiger partial charge in [-0.2, -0.15) is 0 Å². The summed E-state index contributed by atoms with van der Waals surface area (Å²) in [4.78, 5) is 2.71. The quantitative estimate of drug-likeness (QED) is 0.649. The Morgan fingerprint density at radius 3 is 2.62 bits per heavy atom. The van der Waals surface area contributed by atoms with Gasteiger partial charge in [0.15, 0.2) is 0 Å². The highest BCUT2D eigenvalue weighted by atomic mass is 15.2. The average molecular weight is 183 g/mol. The molecule has 0 spiro atoms. The lowest BCUT2D eigenvalue weighted by molar-refractivity contribution is 0.0650. The first-order chi connectivity index (χ1) is 6.20. The summed E-state index contributed by atoms with van der Waals surface area (Å²) in [5.41, 5.74) is 0. The van der Waals surface area contributed by atoms with Crippen molar-refractivity contribution in [3.05, 3.63) is 0 Å². The van der Waals surface area contributed by atoms with Crippen LogP contribution >= 0.6 is 0 Å². The minimum Gasteiger partial charge on any atom is -0.298 e. The predicted molar refractivity (Wildman–Crippen MR) is 58.9 cm³/mol. The number of hydrogen-bond donors (Lipinski definition) is 0. The molecular formula is C12H25N. The molecule has 0 N–H and O–H groups in total. The van der Waals surface area contributed by atoms with E-state index >= 15 is 0 Å². The van der Waals surface area contributed by atoms with Crippen molar-refractivity contribution < 1.29 is 0 Å². The summed E-state index contributed by atoms with van der Waals surface area (Å²) >= 11 is 0. The summed E-state index contributed by atoms with van der Waals surface area (Å²) < 4.78 is 0. The van der Waals surface area contributed by atoms with E-state index in [1.54, 1.807) is 0 Å². The Kier molecular flexibility index (Phi) is 4.24. The van der Waals surface area contributed by atoms with Crippen molar-refractivity contribution in [2.45, 2.75) is 65.5 Å². The molecule has 1 saturated heterocycles. The molecule has 3 atom stereocenters. The van der Waals surface area contributed by atoms with Crippen LogP contribution in [0, 0.1) is 5.92 Å².